The minimum absolute atomic E-state index is 0.834. The Morgan fingerprint density at radius 1 is 1.15 bits per heavy atom. The molecule has 0 saturated heterocycles. The van der Waals surface area contributed by atoms with Gasteiger partial charge in [0.05, 0.1) is 5.69 Å². The van der Waals surface area contributed by atoms with Gasteiger partial charge in [-0.1, -0.05) is 37.3 Å². The van der Waals surface area contributed by atoms with Crippen LogP contribution in [0.3, 0.4) is 0 Å². The van der Waals surface area contributed by atoms with Crippen molar-refractivity contribution < 1.29 is 0 Å². The Balaban J connectivity index is 1.99. The second-order valence-electron chi connectivity index (χ2n) is 5.02. The second-order valence-corrected chi connectivity index (χ2v) is 5.02. The summed E-state index contributed by atoms with van der Waals surface area (Å²) in [5.74, 6) is 0. The van der Waals surface area contributed by atoms with Crippen LogP contribution < -0.4 is 10.2 Å². The molecule has 0 spiro atoms. The van der Waals surface area contributed by atoms with Crippen LogP contribution in [-0.4, -0.2) is 18.6 Å². The fraction of sp³-hybridized carbons (Fsp3) is 0.353. The van der Waals surface area contributed by atoms with Crippen LogP contribution >= 0.6 is 0 Å². The lowest BCUT2D eigenvalue weighted by Crippen LogP contribution is -2.18. The molecule has 3 heteroatoms. The minimum atomic E-state index is 0.834. The van der Waals surface area contributed by atoms with Crippen LogP contribution in [0.4, 0.5) is 5.69 Å². The lowest BCUT2D eigenvalue weighted by Gasteiger charge is -2.20. The van der Waals surface area contributed by atoms with E-state index in [0.717, 1.165) is 31.7 Å². The predicted molar refractivity (Wildman–Crippen MR) is 84.8 cm³/mol. The highest BCUT2D eigenvalue weighted by Crippen LogP contribution is 2.15. The fourth-order valence-corrected chi connectivity index (χ4v) is 2.14. The summed E-state index contributed by atoms with van der Waals surface area (Å²) in [7, 11) is 2.12. The van der Waals surface area contributed by atoms with Crippen LogP contribution in [-0.2, 0) is 13.1 Å². The summed E-state index contributed by atoms with van der Waals surface area (Å²) >= 11 is 0. The van der Waals surface area contributed by atoms with Crippen LogP contribution in [0.15, 0.2) is 48.7 Å². The van der Waals surface area contributed by atoms with Crippen LogP contribution in [0.5, 0.6) is 0 Å². The number of hydrogen-bond donors (Lipinski definition) is 1. The highest BCUT2D eigenvalue weighted by molar-refractivity contribution is 5.46. The molecule has 0 aliphatic heterocycles. The SMILES string of the molecule is CCCNCc1cc(N(C)Cc2ccccc2)ccn1. The van der Waals surface area contributed by atoms with Gasteiger partial charge in [-0.05, 0) is 30.7 Å². The standard InChI is InChI=1S/C17H23N3/c1-3-10-18-13-16-12-17(9-11-19-16)20(2)14-15-7-5-4-6-8-15/h4-9,11-12,18H,3,10,13-14H2,1-2H3. The number of hydrogen-bond acceptors (Lipinski definition) is 3. The van der Waals surface area contributed by atoms with E-state index in [1.54, 1.807) is 0 Å². The normalized spacial score (nSPS) is 10.5. The fourth-order valence-electron chi connectivity index (χ4n) is 2.14. The van der Waals surface area contributed by atoms with Gasteiger partial charge in [0.15, 0.2) is 0 Å². The van der Waals surface area contributed by atoms with Gasteiger partial charge in [-0.2, -0.15) is 0 Å². The number of nitrogens with zero attached hydrogens (tertiary/aromatic N) is 2. The molecule has 1 N–H and O–H groups in total. The summed E-state index contributed by atoms with van der Waals surface area (Å²) in [5, 5.41) is 3.39. The smallest absolute Gasteiger partial charge is 0.0562 e. The molecule has 106 valence electrons. The average molecular weight is 269 g/mol. The van der Waals surface area contributed by atoms with Crippen molar-refractivity contribution in [3.05, 3.63) is 59.9 Å². The molecule has 1 heterocycles. The Hall–Kier alpha value is -1.87. The van der Waals surface area contributed by atoms with E-state index in [-0.39, 0.29) is 0 Å². The lowest BCUT2D eigenvalue weighted by molar-refractivity contribution is 0.664. The predicted octanol–water partition coefficient (Wildman–Crippen LogP) is 3.22. The van der Waals surface area contributed by atoms with Gasteiger partial charge in [-0.25, -0.2) is 0 Å². The Labute approximate surface area is 121 Å². The summed E-state index contributed by atoms with van der Waals surface area (Å²) in [6.07, 6.45) is 3.04. The number of rotatable bonds is 7. The van der Waals surface area contributed by atoms with Crippen molar-refractivity contribution in [2.45, 2.75) is 26.4 Å². The molecule has 2 aromatic rings. The number of aromatic nitrogens is 1. The summed E-state index contributed by atoms with van der Waals surface area (Å²) < 4.78 is 0. The number of benzene rings is 1. The van der Waals surface area contributed by atoms with Gasteiger partial charge in [0.25, 0.3) is 0 Å². The molecule has 20 heavy (non-hydrogen) atoms. The summed E-state index contributed by atoms with van der Waals surface area (Å²) in [6.45, 7) is 4.95. The zero-order valence-corrected chi connectivity index (χ0v) is 12.3. The van der Waals surface area contributed by atoms with Gasteiger partial charge < -0.3 is 10.2 Å². The van der Waals surface area contributed by atoms with Crippen molar-refractivity contribution in [2.75, 3.05) is 18.5 Å². The van der Waals surface area contributed by atoms with Crippen LogP contribution in [0, 0.1) is 0 Å². The van der Waals surface area contributed by atoms with Crippen molar-refractivity contribution in [3.63, 3.8) is 0 Å². The molecule has 2 rings (SSSR count). The van der Waals surface area contributed by atoms with Crippen LogP contribution in [0.2, 0.25) is 0 Å². The van der Waals surface area contributed by atoms with Crippen LogP contribution in [0.25, 0.3) is 0 Å². The van der Waals surface area contributed by atoms with E-state index in [2.05, 4.69) is 65.6 Å². The second kappa shape index (κ2) is 7.65. The molecule has 1 aromatic heterocycles. The summed E-state index contributed by atoms with van der Waals surface area (Å²) in [4.78, 5) is 6.66. The monoisotopic (exact) mass is 269 g/mol. The highest BCUT2D eigenvalue weighted by atomic mass is 15.1. The Morgan fingerprint density at radius 2 is 1.95 bits per heavy atom. The quantitative estimate of drug-likeness (QED) is 0.782. The molecule has 0 atom stereocenters. The first-order valence-corrected chi connectivity index (χ1v) is 7.20. The lowest BCUT2D eigenvalue weighted by atomic mass is 10.2. The van der Waals surface area contributed by atoms with Gasteiger partial charge in [0.1, 0.15) is 0 Å². The highest BCUT2D eigenvalue weighted by Gasteiger charge is 2.03. The molecular formula is C17H23N3. The van der Waals surface area contributed by atoms with Crippen molar-refractivity contribution in [2.24, 2.45) is 0 Å². The molecule has 0 aliphatic rings. The third-order valence-corrected chi connectivity index (χ3v) is 3.24. The zero-order chi connectivity index (χ0) is 14.2. The molecule has 0 unspecified atom stereocenters. The van der Waals surface area contributed by atoms with Crippen LogP contribution in [0.1, 0.15) is 24.6 Å². The first-order valence-electron chi connectivity index (χ1n) is 7.20. The third kappa shape index (κ3) is 4.35. The van der Waals surface area contributed by atoms with E-state index in [1.165, 1.54) is 11.3 Å². The van der Waals surface area contributed by atoms with Gasteiger partial charge in [0.2, 0.25) is 0 Å². The van der Waals surface area contributed by atoms with Gasteiger partial charge in [0, 0.05) is 32.0 Å². The minimum Gasteiger partial charge on any atom is -0.370 e. The molecule has 0 radical (unpaired) electrons. The third-order valence-electron chi connectivity index (χ3n) is 3.24. The van der Waals surface area contributed by atoms with Crippen molar-refractivity contribution >= 4 is 5.69 Å². The van der Waals surface area contributed by atoms with Crippen molar-refractivity contribution in [1.82, 2.24) is 10.3 Å². The van der Waals surface area contributed by atoms with E-state index in [1.807, 2.05) is 12.3 Å². The topological polar surface area (TPSA) is 28.2 Å². The van der Waals surface area contributed by atoms with Crippen molar-refractivity contribution in [1.29, 1.82) is 0 Å². The van der Waals surface area contributed by atoms with E-state index in [4.69, 9.17) is 0 Å². The maximum atomic E-state index is 4.41. The molecular weight excluding hydrogens is 246 g/mol. The first-order chi connectivity index (χ1) is 9.79. The Bertz CT molecular complexity index is 511. The number of anilines is 1. The van der Waals surface area contributed by atoms with E-state index in [0.29, 0.717) is 0 Å². The van der Waals surface area contributed by atoms with E-state index < -0.39 is 0 Å². The number of pyridine rings is 1. The summed E-state index contributed by atoms with van der Waals surface area (Å²) in [6, 6.07) is 14.7. The molecule has 0 amide bonds. The molecule has 1 aromatic carbocycles. The molecule has 0 fully saturated rings. The first kappa shape index (κ1) is 14.5. The molecule has 3 nitrogen and oxygen atoms in total. The molecule has 0 bridgehead atoms. The zero-order valence-electron chi connectivity index (χ0n) is 12.3. The Morgan fingerprint density at radius 3 is 2.70 bits per heavy atom. The van der Waals surface area contributed by atoms with Gasteiger partial charge in [-0.15, -0.1) is 0 Å². The average Bonchev–Trinajstić information content (AvgIpc) is 2.49. The largest absolute Gasteiger partial charge is 0.370 e. The van der Waals surface area contributed by atoms with E-state index >= 15 is 0 Å². The molecule has 0 aliphatic carbocycles. The van der Waals surface area contributed by atoms with E-state index in [9.17, 15) is 0 Å². The number of nitrogens with one attached hydrogen (secondary N) is 1. The maximum Gasteiger partial charge on any atom is 0.0562 e. The van der Waals surface area contributed by atoms with Gasteiger partial charge in [-0.3, -0.25) is 4.98 Å². The van der Waals surface area contributed by atoms with Gasteiger partial charge >= 0.3 is 0 Å². The summed E-state index contributed by atoms with van der Waals surface area (Å²) in [5.41, 5.74) is 3.62. The van der Waals surface area contributed by atoms with Crippen molar-refractivity contribution in [3.8, 4) is 0 Å². The maximum absolute atomic E-state index is 4.41. The Kier molecular flexibility index (Phi) is 5.56. The molecule has 0 saturated carbocycles.